The van der Waals surface area contributed by atoms with Gasteiger partial charge in [0, 0.05) is 0 Å². The van der Waals surface area contributed by atoms with Crippen LogP contribution in [0, 0.1) is 126 Å². The van der Waals surface area contributed by atoms with Gasteiger partial charge in [0.2, 0.25) is 0 Å². The minimum atomic E-state index is -5.59. The molecular weight excluding hydrogens is 826 g/mol. The van der Waals surface area contributed by atoms with Crippen molar-refractivity contribution in [3.8, 4) is 0 Å². The van der Waals surface area contributed by atoms with Gasteiger partial charge < -0.3 is 5.32 Å². The summed E-state index contributed by atoms with van der Waals surface area (Å²) in [5.41, 5.74) is -7.42. The Morgan fingerprint density at radius 2 is 0.596 bits per heavy atom. The van der Waals surface area contributed by atoms with Crippen LogP contribution in [0.25, 0.3) is 5.32 Å². The van der Waals surface area contributed by atoms with E-state index in [0.29, 0.717) is 0 Å². The average molecular weight is 851 g/mol. The van der Waals surface area contributed by atoms with Crippen LogP contribution in [-0.4, -0.2) is 20.2 Å². The predicted octanol–water partition coefficient (Wildman–Crippen LogP) is 9.53. The van der Waals surface area contributed by atoms with Crippen LogP contribution in [-0.2, 0) is 28.0 Å². The van der Waals surface area contributed by atoms with E-state index in [0.717, 1.165) is 29.8 Å². The SMILES string of the molecule is C[N-]C.Fc1c(F)c(F)c([B-](Cc2ccccc2)(c2c(F)c(F)c(F)c(F)c2F)c2c(F)c(F)c(F)c(F)c2F)c(F)c1F.[CH2-]c1ccccc1.[CH]1[CH][CH][CH][CH]1.[Ti+4]. The number of halogens is 15. The summed E-state index contributed by atoms with van der Waals surface area (Å²) in [6.45, 7) is 3.72. The summed E-state index contributed by atoms with van der Waals surface area (Å²) in [4.78, 5) is 0. The fraction of sp³-hybridized carbons (Fsp3) is 0.0769. The van der Waals surface area contributed by atoms with Gasteiger partial charge in [-0.15, -0.1) is 34.8 Å². The van der Waals surface area contributed by atoms with Crippen molar-refractivity contribution in [2.45, 2.75) is 6.32 Å². The van der Waals surface area contributed by atoms with Gasteiger partial charge >= 0.3 is 21.7 Å². The molecule has 57 heavy (non-hydrogen) atoms. The van der Waals surface area contributed by atoms with E-state index in [1.807, 2.05) is 62.4 Å². The minimum Gasteiger partial charge on any atom is -0.668 e. The molecule has 5 radical (unpaired) electrons. The third-order valence-corrected chi connectivity index (χ3v) is 7.99. The van der Waals surface area contributed by atoms with Gasteiger partial charge in [-0.05, 0) is 32.1 Å². The molecule has 18 heteroatoms. The number of hydrogen-bond donors (Lipinski definition) is 0. The molecule has 0 atom stereocenters. The Labute approximate surface area is 333 Å². The van der Waals surface area contributed by atoms with Gasteiger partial charge in [-0.25, -0.2) is 65.9 Å². The van der Waals surface area contributed by atoms with Crippen LogP contribution >= 0.6 is 0 Å². The second kappa shape index (κ2) is 21.4. The van der Waals surface area contributed by atoms with Gasteiger partial charge in [-0.2, -0.15) is 38.7 Å². The second-order valence-electron chi connectivity index (χ2n) is 11.6. The van der Waals surface area contributed by atoms with Gasteiger partial charge in [-0.3, -0.25) is 0 Å². The predicted molar refractivity (Wildman–Crippen MR) is 181 cm³/mol. The molecule has 0 spiro atoms. The smallest absolute Gasteiger partial charge is 0.668 e. The summed E-state index contributed by atoms with van der Waals surface area (Å²) in [7, 11) is 3.50. The Hall–Kier alpha value is -4.34. The van der Waals surface area contributed by atoms with Crippen LogP contribution in [0.4, 0.5) is 65.9 Å². The van der Waals surface area contributed by atoms with E-state index in [1.54, 1.807) is 14.1 Å². The third kappa shape index (κ3) is 10.2. The van der Waals surface area contributed by atoms with Crippen molar-refractivity contribution in [2.75, 3.05) is 14.1 Å². The summed E-state index contributed by atoms with van der Waals surface area (Å²) in [5, 5.41) is 3.50. The van der Waals surface area contributed by atoms with Crippen molar-refractivity contribution in [3.05, 3.63) is 203 Å². The fourth-order valence-corrected chi connectivity index (χ4v) is 5.67. The van der Waals surface area contributed by atoms with Gasteiger partial charge in [0.25, 0.3) is 0 Å². The van der Waals surface area contributed by atoms with E-state index < -0.39 is 122 Å². The summed E-state index contributed by atoms with van der Waals surface area (Å²) < 4.78 is 220. The van der Waals surface area contributed by atoms with E-state index in [9.17, 15) is 39.5 Å². The van der Waals surface area contributed by atoms with E-state index in [4.69, 9.17) is 0 Å². The van der Waals surface area contributed by atoms with E-state index in [2.05, 4.69) is 12.2 Å². The van der Waals surface area contributed by atoms with Crippen molar-refractivity contribution in [1.29, 1.82) is 0 Å². The van der Waals surface area contributed by atoms with E-state index >= 15 is 26.3 Å². The first-order valence-electron chi connectivity index (χ1n) is 15.7. The molecule has 1 nitrogen and oxygen atoms in total. The molecular formula is C39H25BF15NTi+. The van der Waals surface area contributed by atoms with Crippen LogP contribution in [0.2, 0.25) is 0 Å². The Morgan fingerprint density at radius 3 is 0.807 bits per heavy atom. The first-order chi connectivity index (χ1) is 26.4. The topological polar surface area (TPSA) is 14.1 Å². The first-order valence-corrected chi connectivity index (χ1v) is 15.7. The van der Waals surface area contributed by atoms with Crippen molar-refractivity contribution in [3.63, 3.8) is 0 Å². The van der Waals surface area contributed by atoms with Crippen molar-refractivity contribution < 1.29 is 87.6 Å². The monoisotopic (exact) mass is 851 g/mol. The fourth-order valence-electron chi connectivity index (χ4n) is 5.67. The summed E-state index contributed by atoms with van der Waals surface area (Å²) in [6.07, 6.45) is 2.58. The molecule has 0 bridgehead atoms. The van der Waals surface area contributed by atoms with Gasteiger partial charge in [0.15, 0.2) is 52.4 Å². The van der Waals surface area contributed by atoms with Crippen LogP contribution < -0.4 is 16.4 Å². The zero-order chi connectivity index (χ0) is 42.1. The van der Waals surface area contributed by atoms with Crippen molar-refractivity contribution in [1.82, 2.24) is 0 Å². The molecule has 0 aromatic heterocycles. The van der Waals surface area contributed by atoms with Gasteiger partial charge in [0.1, 0.15) is 41.0 Å². The molecule has 5 aromatic carbocycles. The minimum absolute atomic E-state index is 0. The normalized spacial score (nSPS) is 12.0. The molecule has 1 aliphatic rings. The molecule has 0 unspecified atom stereocenters. The summed E-state index contributed by atoms with van der Waals surface area (Å²) >= 11 is 0. The maximum atomic E-state index is 15.3. The standard InChI is InChI=1S/C25H7BF15.C7H7.C5H5.C2H6N.Ti/c27-11-8(12(28)18(34)23(39)17(11)33)26(6-7-4-2-1-3-5-7,9-13(29)19(35)24(40)20(36)14(9)30)10-15(31)21(37)25(41)22(38)16(10)32;1-7-5-3-2-4-6-7;1-2-4-5-3-1;1-3-2;/h1-5H,6H2;2-6H,1H2;1-5H;1-2H3;/q2*-1;;-1;+4. The van der Waals surface area contributed by atoms with Crippen molar-refractivity contribution >= 4 is 22.5 Å². The molecule has 1 fully saturated rings. The number of benzene rings is 5. The van der Waals surface area contributed by atoms with Gasteiger partial charge in [-0.1, -0.05) is 42.0 Å². The zero-order valence-electron chi connectivity index (χ0n) is 29.3. The molecule has 1 saturated carbocycles. The zero-order valence-corrected chi connectivity index (χ0v) is 30.8. The summed E-state index contributed by atoms with van der Waals surface area (Å²) in [6, 6.07) is 14.8. The molecule has 0 heterocycles. The van der Waals surface area contributed by atoms with E-state index in [1.165, 1.54) is 6.07 Å². The molecule has 297 valence electrons. The Bertz CT molecular complexity index is 1870. The average Bonchev–Trinajstić information content (AvgIpc) is 3.78. The number of nitrogens with zero attached hydrogens (tertiary/aromatic N) is 1. The first kappa shape index (κ1) is 48.8. The molecule has 5 aromatic rings. The largest absolute Gasteiger partial charge is 4.00 e. The van der Waals surface area contributed by atoms with E-state index in [-0.39, 0.29) is 21.7 Å². The van der Waals surface area contributed by atoms with Crippen LogP contribution in [0.5, 0.6) is 0 Å². The molecule has 1 aliphatic carbocycles. The van der Waals surface area contributed by atoms with Crippen LogP contribution in [0.1, 0.15) is 11.1 Å². The quantitative estimate of drug-likeness (QED) is 0.0551. The number of hydrogen-bond acceptors (Lipinski definition) is 0. The Kier molecular flexibility index (Phi) is 18.3. The van der Waals surface area contributed by atoms with Crippen LogP contribution in [0.3, 0.4) is 0 Å². The maximum absolute atomic E-state index is 15.3. The molecule has 0 aliphatic heterocycles. The van der Waals surface area contributed by atoms with Crippen molar-refractivity contribution in [2.24, 2.45) is 0 Å². The summed E-state index contributed by atoms with van der Waals surface area (Å²) in [5.74, 6) is -45.2. The maximum Gasteiger partial charge on any atom is 4.00 e. The third-order valence-electron chi connectivity index (χ3n) is 7.99. The Balaban J connectivity index is 0.000000584. The molecule has 6 rings (SSSR count). The van der Waals surface area contributed by atoms with Gasteiger partial charge in [0.05, 0.1) is 0 Å². The number of rotatable bonds is 5. The van der Waals surface area contributed by atoms with Crippen LogP contribution in [0.15, 0.2) is 60.7 Å². The second-order valence-corrected chi connectivity index (χ2v) is 11.6. The Morgan fingerprint density at radius 1 is 0.386 bits per heavy atom. The molecule has 0 amide bonds. The molecule has 0 N–H and O–H groups in total. The molecule has 0 saturated heterocycles.